The zero-order valence-electron chi connectivity index (χ0n) is 12.8. The lowest BCUT2D eigenvalue weighted by atomic mass is 10.1. The van der Waals surface area contributed by atoms with Crippen LogP contribution in [0.15, 0.2) is 53.3 Å². The van der Waals surface area contributed by atoms with Gasteiger partial charge in [0.15, 0.2) is 5.13 Å². The number of carbonyl (C=O) groups is 1. The lowest BCUT2D eigenvalue weighted by Crippen LogP contribution is -2.27. The second-order valence-electron chi connectivity index (χ2n) is 5.16. The third-order valence-corrected chi connectivity index (χ3v) is 4.49. The van der Waals surface area contributed by atoms with Crippen molar-refractivity contribution in [2.75, 3.05) is 11.9 Å². The normalized spacial score (nSPS) is 10.5. The predicted molar refractivity (Wildman–Crippen MR) is 96.1 cm³/mol. The number of aromatic nitrogens is 1. The van der Waals surface area contributed by atoms with Gasteiger partial charge >= 0.3 is 0 Å². The highest BCUT2D eigenvalue weighted by molar-refractivity contribution is 7.13. The van der Waals surface area contributed by atoms with Crippen LogP contribution < -0.4 is 15.4 Å². The van der Waals surface area contributed by atoms with E-state index in [-0.39, 0.29) is 16.5 Å². The second-order valence-corrected chi connectivity index (χ2v) is 6.10. The molecule has 0 atom stereocenters. The largest absolute Gasteiger partial charge is 0.384 e. The number of hydrogen-bond donors (Lipinski definition) is 2. The molecule has 1 amide bonds. The zero-order chi connectivity index (χ0) is 17.3. The minimum absolute atomic E-state index is 0.103. The van der Waals surface area contributed by atoms with Crippen LogP contribution >= 0.6 is 11.3 Å². The van der Waals surface area contributed by atoms with Crippen molar-refractivity contribution in [1.29, 1.82) is 5.41 Å². The number of amides is 1. The number of rotatable bonds is 3. The molecule has 0 aliphatic carbocycles. The van der Waals surface area contributed by atoms with E-state index >= 15 is 0 Å². The van der Waals surface area contributed by atoms with Gasteiger partial charge in [-0.15, -0.1) is 0 Å². The molecule has 1 aromatic heterocycles. The van der Waals surface area contributed by atoms with E-state index in [1.807, 2.05) is 6.07 Å². The summed E-state index contributed by atoms with van der Waals surface area (Å²) in [7, 11) is 1.58. The summed E-state index contributed by atoms with van der Waals surface area (Å²) in [5, 5.41) is 8.23. The van der Waals surface area contributed by atoms with E-state index in [0.717, 1.165) is 11.3 Å². The van der Waals surface area contributed by atoms with E-state index in [9.17, 15) is 9.59 Å². The van der Waals surface area contributed by atoms with E-state index < -0.39 is 0 Å². The van der Waals surface area contributed by atoms with Crippen LogP contribution in [-0.4, -0.2) is 23.8 Å². The van der Waals surface area contributed by atoms with Crippen molar-refractivity contribution in [3.05, 3.63) is 69.2 Å². The number of benzene rings is 2. The van der Waals surface area contributed by atoms with Crippen LogP contribution in [0.2, 0.25) is 0 Å². The quantitative estimate of drug-likeness (QED) is 0.565. The fourth-order valence-electron chi connectivity index (χ4n) is 2.23. The van der Waals surface area contributed by atoms with E-state index in [4.69, 9.17) is 11.1 Å². The third kappa shape index (κ3) is 2.89. The molecule has 0 unspecified atom stereocenters. The molecule has 3 N–H and O–H groups in total. The monoisotopic (exact) mass is 338 g/mol. The highest BCUT2D eigenvalue weighted by atomic mass is 32.1. The van der Waals surface area contributed by atoms with Crippen LogP contribution in [-0.2, 0) is 0 Å². The van der Waals surface area contributed by atoms with Crippen molar-refractivity contribution in [1.82, 2.24) is 4.98 Å². The number of carbonyl (C=O) groups excluding carboxylic acids is 1. The Balaban J connectivity index is 2.07. The first kappa shape index (κ1) is 15.8. The van der Waals surface area contributed by atoms with Gasteiger partial charge in [0.2, 0.25) is 4.74 Å². The van der Waals surface area contributed by atoms with Crippen LogP contribution in [0.4, 0.5) is 5.13 Å². The van der Waals surface area contributed by atoms with Gasteiger partial charge in [-0.05, 0) is 24.3 Å². The first-order valence-electron chi connectivity index (χ1n) is 7.10. The molecule has 120 valence electrons. The number of nitrogens with zero attached hydrogens (tertiary/aromatic N) is 2. The van der Waals surface area contributed by atoms with Gasteiger partial charge < -0.3 is 5.73 Å². The average Bonchev–Trinajstić information content (AvgIpc) is 2.60. The van der Waals surface area contributed by atoms with E-state index in [2.05, 4.69) is 4.98 Å². The van der Waals surface area contributed by atoms with Crippen LogP contribution in [0.25, 0.3) is 10.9 Å². The lowest BCUT2D eigenvalue weighted by Gasteiger charge is -2.15. The number of nitrogens with two attached hydrogens (primary N) is 1. The summed E-state index contributed by atoms with van der Waals surface area (Å²) >= 11 is 0.906. The Kier molecular flexibility index (Phi) is 4.09. The van der Waals surface area contributed by atoms with Crippen LogP contribution in [0, 0.1) is 5.41 Å². The summed E-state index contributed by atoms with van der Waals surface area (Å²) < 4.78 is -0.196. The van der Waals surface area contributed by atoms with Gasteiger partial charge in [-0.25, -0.2) is 4.98 Å². The Morgan fingerprint density at radius 2 is 1.88 bits per heavy atom. The summed E-state index contributed by atoms with van der Waals surface area (Å²) in [6, 6.07) is 13.6. The molecule has 0 bridgehead atoms. The molecule has 0 radical (unpaired) electrons. The van der Waals surface area contributed by atoms with Gasteiger partial charge in [0.05, 0.1) is 10.9 Å². The first-order valence-corrected chi connectivity index (χ1v) is 7.91. The third-order valence-electron chi connectivity index (χ3n) is 3.54. The highest BCUT2D eigenvalue weighted by Gasteiger charge is 2.17. The number of amidine groups is 1. The van der Waals surface area contributed by atoms with Gasteiger partial charge in [-0.3, -0.25) is 19.9 Å². The number of hydrogen-bond acceptors (Lipinski definition) is 5. The maximum Gasteiger partial charge on any atom is 0.259 e. The van der Waals surface area contributed by atoms with Gasteiger partial charge in [0.1, 0.15) is 5.84 Å². The Morgan fingerprint density at radius 3 is 2.54 bits per heavy atom. The Hall–Kier alpha value is -3.06. The maximum atomic E-state index is 12.5. The Bertz CT molecular complexity index is 998. The van der Waals surface area contributed by atoms with Crippen LogP contribution in [0.5, 0.6) is 0 Å². The summed E-state index contributed by atoms with van der Waals surface area (Å²) in [5.74, 6) is -0.352. The van der Waals surface area contributed by atoms with Crippen molar-refractivity contribution in [2.24, 2.45) is 5.73 Å². The van der Waals surface area contributed by atoms with E-state index in [1.165, 1.54) is 4.90 Å². The summed E-state index contributed by atoms with van der Waals surface area (Å²) in [6.45, 7) is 0. The van der Waals surface area contributed by atoms with Gasteiger partial charge in [-0.2, -0.15) is 0 Å². The summed E-state index contributed by atoms with van der Waals surface area (Å²) in [6.07, 6.45) is 0. The Labute approximate surface area is 141 Å². The summed E-state index contributed by atoms with van der Waals surface area (Å²) in [4.78, 5) is 30.5. The van der Waals surface area contributed by atoms with Gasteiger partial charge in [0.25, 0.3) is 5.91 Å². The summed E-state index contributed by atoms with van der Waals surface area (Å²) in [5.41, 5.74) is 6.88. The molecule has 2 aromatic carbocycles. The van der Waals surface area contributed by atoms with E-state index in [0.29, 0.717) is 27.2 Å². The number of anilines is 1. The molecule has 0 saturated carbocycles. The van der Waals surface area contributed by atoms with Crippen LogP contribution in [0.1, 0.15) is 15.9 Å². The molecule has 0 spiro atoms. The number of nitrogen functional groups attached to an aromatic ring is 1. The Morgan fingerprint density at radius 1 is 1.17 bits per heavy atom. The smallest absolute Gasteiger partial charge is 0.259 e. The van der Waals surface area contributed by atoms with Crippen molar-refractivity contribution in [3.8, 4) is 0 Å². The average molecular weight is 338 g/mol. The lowest BCUT2D eigenvalue weighted by molar-refractivity contribution is 0.0993. The molecular weight excluding hydrogens is 324 g/mol. The maximum absolute atomic E-state index is 12.5. The van der Waals surface area contributed by atoms with Crippen molar-refractivity contribution < 1.29 is 4.79 Å². The van der Waals surface area contributed by atoms with Crippen molar-refractivity contribution in [2.45, 2.75) is 0 Å². The predicted octanol–water partition coefficient (Wildman–Crippen LogP) is 2.22. The standard InChI is InChI=1S/C17H14N4O2S/c1-21(15(22)10-5-3-2-4-6-10)17-20-13-9-11(14(18)19)7-8-12(13)16(23)24-17/h2-9H,1H3,(H3,18,19). The molecule has 3 aromatic rings. The fraction of sp³-hybridized carbons (Fsp3) is 0.0588. The molecule has 24 heavy (non-hydrogen) atoms. The molecule has 0 saturated heterocycles. The fourth-order valence-corrected chi connectivity index (χ4v) is 3.04. The topological polar surface area (TPSA) is 100 Å². The molecule has 0 aliphatic rings. The minimum Gasteiger partial charge on any atom is -0.384 e. The SMILES string of the molecule is CN(C(=O)c1ccccc1)c1nc2cc(C(=N)N)ccc2c(=O)s1. The van der Waals surface area contributed by atoms with Gasteiger partial charge in [-0.1, -0.05) is 35.6 Å². The van der Waals surface area contributed by atoms with Crippen LogP contribution in [0.3, 0.4) is 0 Å². The van der Waals surface area contributed by atoms with Gasteiger partial charge in [0, 0.05) is 18.2 Å². The minimum atomic E-state index is -0.249. The zero-order valence-corrected chi connectivity index (χ0v) is 13.6. The molecule has 0 fully saturated rings. The van der Waals surface area contributed by atoms with Crippen molar-refractivity contribution in [3.63, 3.8) is 0 Å². The number of fused-ring (bicyclic) bond motifs is 1. The molecule has 1 heterocycles. The second kappa shape index (κ2) is 6.21. The molecule has 7 heteroatoms. The molecule has 3 rings (SSSR count). The van der Waals surface area contributed by atoms with Crippen molar-refractivity contribution >= 4 is 39.1 Å². The number of nitrogens with one attached hydrogen (secondary N) is 1. The molecule has 6 nitrogen and oxygen atoms in total. The molecule has 0 aliphatic heterocycles. The molecular formula is C17H14N4O2S. The highest BCUT2D eigenvalue weighted by Crippen LogP contribution is 2.20. The van der Waals surface area contributed by atoms with E-state index in [1.54, 1.807) is 49.5 Å². The first-order chi connectivity index (χ1) is 11.5.